The van der Waals surface area contributed by atoms with Crippen LogP contribution in [0.5, 0.6) is 5.75 Å². The van der Waals surface area contributed by atoms with Gasteiger partial charge in [0.05, 0.1) is 23.5 Å². The van der Waals surface area contributed by atoms with Gasteiger partial charge in [-0.25, -0.2) is 4.68 Å². The number of rotatable bonds is 5. The lowest BCUT2D eigenvalue weighted by molar-refractivity contribution is 0.0998. The van der Waals surface area contributed by atoms with Crippen LogP contribution in [0.25, 0.3) is 22.2 Å². The number of hydrogen-bond donors (Lipinski definition) is 3. The summed E-state index contributed by atoms with van der Waals surface area (Å²) in [4.78, 5) is 20.7. The van der Waals surface area contributed by atoms with Crippen LogP contribution in [0.3, 0.4) is 0 Å². The number of hydrogen-bond acceptors (Lipinski definition) is 5. The number of amides is 1. The van der Waals surface area contributed by atoms with Crippen LogP contribution in [0.4, 0.5) is 0 Å². The van der Waals surface area contributed by atoms with Crippen molar-refractivity contribution < 1.29 is 9.90 Å². The van der Waals surface area contributed by atoms with E-state index in [9.17, 15) is 9.90 Å². The van der Waals surface area contributed by atoms with E-state index in [-0.39, 0.29) is 11.3 Å². The van der Waals surface area contributed by atoms with Crippen LogP contribution in [-0.4, -0.2) is 32.9 Å². The Labute approximate surface area is 182 Å². The van der Waals surface area contributed by atoms with Crippen LogP contribution in [0.15, 0.2) is 57.9 Å². The summed E-state index contributed by atoms with van der Waals surface area (Å²) < 4.78 is 1.79. The van der Waals surface area contributed by atoms with Crippen molar-refractivity contribution in [2.45, 2.75) is 25.8 Å². The largest absolute Gasteiger partial charge is 0.507 e. The number of thiazole rings is 1. The fourth-order valence-corrected chi connectivity index (χ4v) is 4.44. The number of aryl methyl sites for hydroxylation is 1. The summed E-state index contributed by atoms with van der Waals surface area (Å²) in [5.74, 6) is -0.819. The molecule has 2 aromatic heterocycles. The average Bonchev–Trinajstić information content (AvgIpc) is 3.39. The number of carbonyl (C=O) groups is 1. The van der Waals surface area contributed by atoms with E-state index in [0.29, 0.717) is 6.04 Å². The molecule has 0 atom stereocenters. The number of para-hydroxylation sites is 1. The highest BCUT2D eigenvalue weighted by molar-refractivity contribution is 7.07. The van der Waals surface area contributed by atoms with Crippen molar-refractivity contribution in [2.24, 2.45) is 15.8 Å². The number of aromatic hydroxyl groups is 1. The topological polar surface area (TPSA) is 109 Å². The first kappa shape index (κ1) is 19.3. The van der Waals surface area contributed by atoms with Gasteiger partial charge in [-0.05, 0) is 44.0 Å². The number of benzene rings is 2. The van der Waals surface area contributed by atoms with E-state index in [0.717, 1.165) is 51.1 Å². The maximum absolute atomic E-state index is 11.7. The van der Waals surface area contributed by atoms with Crippen molar-refractivity contribution >= 4 is 34.4 Å². The number of aromatic amines is 1. The molecule has 0 spiro atoms. The van der Waals surface area contributed by atoms with Crippen molar-refractivity contribution in [1.82, 2.24) is 9.66 Å². The van der Waals surface area contributed by atoms with Gasteiger partial charge in [0.25, 0.3) is 5.91 Å². The van der Waals surface area contributed by atoms with Gasteiger partial charge in [0, 0.05) is 33.1 Å². The van der Waals surface area contributed by atoms with Gasteiger partial charge in [0.15, 0.2) is 0 Å². The quantitative estimate of drug-likeness (QED) is 0.418. The first-order valence-electron chi connectivity index (χ1n) is 10.0. The van der Waals surface area contributed by atoms with Crippen LogP contribution < -0.4 is 10.5 Å². The van der Waals surface area contributed by atoms with Crippen LogP contribution >= 0.6 is 11.3 Å². The van der Waals surface area contributed by atoms with E-state index >= 15 is 0 Å². The third-order valence-electron chi connectivity index (χ3n) is 5.33. The summed E-state index contributed by atoms with van der Waals surface area (Å²) in [6.45, 7) is 2.02. The minimum Gasteiger partial charge on any atom is -0.507 e. The molecule has 31 heavy (non-hydrogen) atoms. The first-order chi connectivity index (χ1) is 15.0. The number of nitrogens with two attached hydrogens (primary N) is 1. The maximum Gasteiger partial charge on any atom is 0.252 e. The van der Waals surface area contributed by atoms with Crippen LogP contribution in [0, 0.1) is 6.92 Å². The number of phenols is 1. The Balaban J connectivity index is 1.65. The molecule has 0 bridgehead atoms. The Kier molecular flexibility index (Phi) is 4.71. The lowest BCUT2D eigenvalue weighted by Crippen LogP contribution is -2.14. The summed E-state index contributed by atoms with van der Waals surface area (Å²) in [5.41, 5.74) is 10.1. The average molecular weight is 432 g/mol. The normalized spacial score (nSPS) is 14.7. The third-order valence-corrected chi connectivity index (χ3v) is 6.16. The number of fused-ring (bicyclic) bond motifs is 1. The second-order valence-electron chi connectivity index (χ2n) is 7.63. The minimum atomic E-state index is -0.679. The van der Waals surface area contributed by atoms with Crippen LogP contribution in [-0.2, 0) is 0 Å². The Morgan fingerprint density at radius 1 is 1.29 bits per heavy atom. The van der Waals surface area contributed by atoms with Crippen LogP contribution in [0.2, 0.25) is 0 Å². The van der Waals surface area contributed by atoms with E-state index in [1.807, 2.05) is 36.7 Å². The molecule has 0 aliphatic heterocycles. The number of primary amides is 1. The van der Waals surface area contributed by atoms with E-state index in [2.05, 4.69) is 11.1 Å². The zero-order valence-electron chi connectivity index (χ0n) is 16.9. The molecule has 1 aliphatic carbocycles. The van der Waals surface area contributed by atoms with Crippen molar-refractivity contribution in [3.05, 3.63) is 69.5 Å². The van der Waals surface area contributed by atoms with Crippen molar-refractivity contribution in [3.63, 3.8) is 0 Å². The predicted octanol–water partition coefficient (Wildman–Crippen LogP) is 3.76. The summed E-state index contributed by atoms with van der Waals surface area (Å²) >= 11 is 1.50. The molecule has 1 amide bonds. The molecule has 4 N–H and O–H groups in total. The third kappa shape index (κ3) is 3.66. The lowest BCUT2D eigenvalue weighted by atomic mass is 10.1. The zero-order chi connectivity index (χ0) is 21.5. The second kappa shape index (κ2) is 7.55. The highest BCUT2D eigenvalue weighted by Gasteiger charge is 2.21. The van der Waals surface area contributed by atoms with Crippen molar-refractivity contribution in [3.8, 4) is 17.0 Å². The molecule has 1 fully saturated rings. The smallest absolute Gasteiger partial charge is 0.252 e. The molecule has 0 saturated heterocycles. The Morgan fingerprint density at radius 2 is 2.10 bits per heavy atom. The molecular formula is C23H21N5O2S. The fourth-order valence-electron chi connectivity index (χ4n) is 3.53. The molecule has 0 radical (unpaired) electrons. The Hall–Kier alpha value is -3.65. The SMILES string of the molecule is Cc1[nH]c2ccccc2c1C=Nn1c(-c2ccc(O)c(C(N)=O)c2)csc1=NC1CC1. The van der Waals surface area contributed by atoms with E-state index in [1.165, 1.54) is 17.4 Å². The standard InChI is InChI=1S/C23H21N5O2S/c1-13-18(16-4-2-3-5-19(16)26-13)11-25-28-20(12-31-23(28)27-15-7-8-15)14-6-9-21(29)17(10-14)22(24)30/h2-6,9-12,15,26,29H,7-8H2,1H3,(H2,24,30). The number of H-pyrrole nitrogens is 1. The molecular weight excluding hydrogens is 410 g/mol. The van der Waals surface area contributed by atoms with Gasteiger partial charge in [0.2, 0.25) is 4.80 Å². The van der Waals surface area contributed by atoms with Gasteiger partial charge in [-0.2, -0.15) is 5.10 Å². The lowest BCUT2D eigenvalue weighted by Gasteiger charge is -2.07. The van der Waals surface area contributed by atoms with Gasteiger partial charge in [-0.3, -0.25) is 9.79 Å². The molecule has 1 saturated carbocycles. The molecule has 156 valence electrons. The number of carbonyl (C=O) groups excluding carboxylic acids is 1. The second-order valence-corrected chi connectivity index (χ2v) is 8.46. The molecule has 7 nitrogen and oxygen atoms in total. The van der Waals surface area contributed by atoms with Crippen molar-refractivity contribution in [1.29, 1.82) is 0 Å². The molecule has 1 aliphatic rings. The molecule has 4 aromatic rings. The van der Waals surface area contributed by atoms with Gasteiger partial charge in [0.1, 0.15) is 5.75 Å². The monoisotopic (exact) mass is 431 g/mol. The first-order valence-corrected chi connectivity index (χ1v) is 10.9. The number of nitrogens with one attached hydrogen (secondary N) is 1. The number of nitrogens with zero attached hydrogens (tertiary/aromatic N) is 3. The minimum absolute atomic E-state index is 0.0763. The van der Waals surface area contributed by atoms with Crippen LogP contribution in [0.1, 0.15) is 34.5 Å². The number of aromatic nitrogens is 2. The van der Waals surface area contributed by atoms with Gasteiger partial charge < -0.3 is 15.8 Å². The Bertz CT molecular complexity index is 1410. The molecule has 2 heterocycles. The fraction of sp³-hybridized carbons (Fsp3) is 0.174. The summed E-state index contributed by atoms with van der Waals surface area (Å²) in [6.07, 6.45) is 4.01. The van der Waals surface area contributed by atoms with E-state index in [1.54, 1.807) is 16.8 Å². The van der Waals surface area contributed by atoms with E-state index in [4.69, 9.17) is 15.8 Å². The van der Waals surface area contributed by atoms with Gasteiger partial charge in [-0.15, -0.1) is 11.3 Å². The summed E-state index contributed by atoms with van der Waals surface area (Å²) in [7, 11) is 0. The predicted molar refractivity (Wildman–Crippen MR) is 123 cm³/mol. The van der Waals surface area contributed by atoms with Crippen molar-refractivity contribution in [2.75, 3.05) is 0 Å². The zero-order valence-corrected chi connectivity index (χ0v) is 17.7. The van der Waals surface area contributed by atoms with E-state index < -0.39 is 5.91 Å². The molecule has 8 heteroatoms. The highest BCUT2D eigenvalue weighted by atomic mass is 32.1. The van der Waals surface area contributed by atoms with Gasteiger partial charge >= 0.3 is 0 Å². The molecule has 0 unspecified atom stereocenters. The summed E-state index contributed by atoms with van der Waals surface area (Å²) in [5, 5.41) is 17.8. The molecule has 5 rings (SSSR count). The summed E-state index contributed by atoms with van der Waals surface area (Å²) in [6, 6.07) is 13.3. The Morgan fingerprint density at radius 3 is 2.87 bits per heavy atom. The van der Waals surface area contributed by atoms with Gasteiger partial charge in [-0.1, -0.05) is 18.2 Å². The molecule has 2 aromatic carbocycles. The maximum atomic E-state index is 11.7. The highest BCUT2D eigenvalue weighted by Crippen LogP contribution is 2.28.